The number of amides is 2. The predicted octanol–water partition coefficient (Wildman–Crippen LogP) is 4.80. The molecule has 8 nitrogen and oxygen atoms in total. The number of benzene rings is 2. The summed E-state index contributed by atoms with van der Waals surface area (Å²) in [6.45, 7) is 0.470. The zero-order valence-electron chi connectivity index (χ0n) is 19.4. The molecule has 2 amide bonds. The molecule has 0 saturated carbocycles. The molecule has 1 aliphatic heterocycles. The Morgan fingerprint density at radius 1 is 1.09 bits per heavy atom. The van der Waals surface area contributed by atoms with Gasteiger partial charge in [-0.15, -0.1) is 0 Å². The molecular weight excluding hydrogens is 488 g/mol. The number of nitrogens with one attached hydrogen (secondary N) is 1. The molecule has 0 bridgehead atoms. The molecular formula is C25H26N2O6S2. The normalized spacial score (nSPS) is 14.3. The van der Waals surface area contributed by atoms with Gasteiger partial charge in [-0.25, -0.2) is 4.79 Å². The smallest absolute Gasteiger partial charge is 0.337 e. The molecule has 2 aromatic rings. The number of hydrogen-bond donors (Lipinski definition) is 2. The summed E-state index contributed by atoms with van der Waals surface area (Å²) in [4.78, 5) is 38.4. The van der Waals surface area contributed by atoms with Gasteiger partial charge in [0.1, 0.15) is 4.32 Å². The minimum Gasteiger partial charge on any atom is -0.493 e. The monoisotopic (exact) mass is 514 g/mol. The lowest BCUT2D eigenvalue weighted by Crippen LogP contribution is -2.29. The summed E-state index contributed by atoms with van der Waals surface area (Å²) in [5, 5.41) is 11.9. The van der Waals surface area contributed by atoms with E-state index in [0.29, 0.717) is 40.1 Å². The van der Waals surface area contributed by atoms with E-state index < -0.39 is 5.97 Å². The standard InChI is InChI=1S/C25H26N2O6S2/c1-32-19-12-11-16(14-20(19)33-2)15-21-23(29)27(25(34)35-21)13-7-3-4-10-22(28)26-18-9-6-5-8-17(18)24(30)31/h5-6,8-9,11-12,14-15H,3-4,7,10,13H2,1-2H3,(H,26,28)(H,30,31). The third kappa shape index (κ3) is 6.83. The van der Waals surface area contributed by atoms with E-state index >= 15 is 0 Å². The van der Waals surface area contributed by atoms with Crippen LogP contribution < -0.4 is 14.8 Å². The highest BCUT2D eigenvalue weighted by atomic mass is 32.2. The van der Waals surface area contributed by atoms with E-state index in [1.807, 2.05) is 6.07 Å². The van der Waals surface area contributed by atoms with Gasteiger partial charge < -0.3 is 19.9 Å². The number of rotatable bonds is 11. The maximum atomic E-state index is 12.8. The van der Waals surface area contributed by atoms with Crippen LogP contribution in [0.15, 0.2) is 47.4 Å². The molecule has 0 aliphatic carbocycles. The van der Waals surface area contributed by atoms with Crippen LogP contribution in [0.1, 0.15) is 41.6 Å². The van der Waals surface area contributed by atoms with E-state index in [1.54, 1.807) is 55.5 Å². The first-order valence-electron chi connectivity index (χ1n) is 10.9. The quantitative estimate of drug-likeness (QED) is 0.250. The van der Waals surface area contributed by atoms with Crippen molar-refractivity contribution < 1.29 is 29.0 Å². The maximum absolute atomic E-state index is 12.8. The first-order valence-corrected chi connectivity index (χ1v) is 12.2. The highest BCUT2D eigenvalue weighted by molar-refractivity contribution is 8.26. The first kappa shape index (κ1) is 26.2. The fourth-order valence-corrected chi connectivity index (χ4v) is 4.82. The van der Waals surface area contributed by atoms with Gasteiger partial charge in [-0.05, 0) is 48.7 Å². The number of carboxylic acid groups (broad SMARTS) is 1. The first-order chi connectivity index (χ1) is 16.8. The number of thiocarbonyl (C=S) groups is 1. The van der Waals surface area contributed by atoms with Gasteiger partial charge in [-0.3, -0.25) is 14.5 Å². The molecule has 0 spiro atoms. The number of para-hydroxylation sites is 1. The summed E-state index contributed by atoms with van der Waals surface area (Å²) in [5.74, 6) is -0.297. The van der Waals surface area contributed by atoms with Crippen LogP contribution in [-0.4, -0.2) is 52.9 Å². The maximum Gasteiger partial charge on any atom is 0.337 e. The predicted molar refractivity (Wildman–Crippen MR) is 140 cm³/mol. The van der Waals surface area contributed by atoms with Crippen molar-refractivity contribution in [1.29, 1.82) is 0 Å². The van der Waals surface area contributed by atoms with E-state index in [9.17, 15) is 19.5 Å². The van der Waals surface area contributed by atoms with Crippen LogP contribution in [0.2, 0.25) is 0 Å². The highest BCUT2D eigenvalue weighted by Gasteiger charge is 2.31. The summed E-state index contributed by atoms with van der Waals surface area (Å²) in [6.07, 6.45) is 4.05. The number of unbranched alkanes of at least 4 members (excludes halogenated alkanes) is 2. The van der Waals surface area contributed by atoms with E-state index in [1.165, 1.54) is 17.8 Å². The molecule has 184 valence electrons. The number of aromatic carboxylic acids is 1. The SMILES string of the molecule is COc1ccc(C=C2SC(=S)N(CCCCCC(=O)Nc3ccccc3C(=O)O)C2=O)cc1OC. The Kier molecular flexibility index (Phi) is 9.27. The van der Waals surface area contributed by atoms with Gasteiger partial charge in [0.15, 0.2) is 11.5 Å². The Hall–Kier alpha value is -3.37. The van der Waals surface area contributed by atoms with E-state index in [-0.39, 0.29) is 29.5 Å². The molecule has 1 saturated heterocycles. The van der Waals surface area contributed by atoms with Crippen LogP contribution in [0, 0.1) is 0 Å². The molecule has 1 heterocycles. The summed E-state index contributed by atoms with van der Waals surface area (Å²) < 4.78 is 11.1. The van der Waals surface area contributed by atoms with Crippen LogP contribution >= 0.6 is 24.0 Å². The minimum absolute atomic E-state index is 0.0522. The molecule has 0 unspecified atom stereocenters. The van der Waals surface area contributed by atoms with Crippen molar-refractivity contribution in [1.82, 2.24) is 4.90 Å². The lowest BCUT2D eigenvalue weighted by molar-refractivity contribution is -0.122. The average molecular weight is 515 g/mol. The number of ether oxygens (including phenoxy) is 2. The van der Waals surface area contributed by atoms with Crippen molar-refractivity contribution in [2.45, 2.75) is 25.7 Å². The Labute approximate surface area is 213 Å². The molecule has 1 fully saturated rings. The molecule has 3 rings (SSSR count). The van der Waals surface area contributed by atoms with Crippen molar-refractivity contribution in [2.75, 3.05) is 26.1 Å². The lowest BCUT2D eigenvalue weighted by atomic mass is 10.1. The van der Waals surface area contributed by atoms with Crippen LogP contribution in [0.25, 0.3) is 6.08 Å². The zero-order chi connectivity index (χ0) is 25.4. The summed E-state index contributed by atoms with van der Waals surface area (Å²) in [6, 6.07) is 11.7. The molecule has 0 atom stereocenters. The lowest BCUT2D eigenvalue weighted by Gasteiger charge is -2.14. The van der Waals surface area contributed by atoms with Crippen molar-refractivity contribution in [3.63, 3.8) is 0 Å². The molecule has 10 heteroatoms. The zero-order valence-corrected chi connectivity index (χ0v) is 21.0. The molecule has 2 aromatic carbocycles. The number of thioether (sulfide) groups is 1. The Morgan fingerprint density at radius 3 is 2.54 bits per heavy atom. The third-order valence-electron chi connectivity index (χ3n) is 5.30. The van der Waals surface area contributed by atoms with E-state index in [0.717, 1.165) is 12.0 Å². The van der Waals surface area contributed by atoms with Crippen LogP contribution in [0.4, 0.5) is 5.69 Å². The number of carboxylic acids is 1. The van der Waals surface area contributed by atoms with Gasteiger partial charge in [0, 0.05) is 13.0 Å². The van der Waals surface area contributed by atoms with Gasteiger partial charge in [0.05, 0.1) is 30.4 Å². The fraction of sp³-hybridized carbons (Fsp3) is 0.280. The second-order valence-electron chi connectivity index (χ2n) is 7.66. The topological polar surface area (TPSA) is 105 Å². The van der Waals surface area contributed by atoms with Gasteiger partial charge >= 0.3 is 5.97 Å². The van der Waals surface area contributed by atoms with Crippen LogP contribution in [-0.2, 0) is 9.59 Å². The highest BCUT2D eigenvalue weighted by Crippen LogP contribution is 2.34. The van der Waals surface area contributed by atoms with Gasteiger partial charge in [0.25, 0.3) is 5.91 Å². The second kappa shape index (κ2) is 12.4. The molecule has 35 heavy (non-hydrogen) atoms. The van der Waals surface area contributed by atoms with Crippen LogP contribution in [0.3, 0.4) is 0 Å². The number of carbonyl (C=O) groups is 3. The molecule has 0 aromatic heterocycles. The third-order valence-corrected chi connectivity index (χ3v) is 6.67. The summed E-state index contributed by atoms with van der Waals surface area (Å²) in [7, 11) is 3.12. The van der Waals surface area contributed by atoms with Gasteiger partial charge in [-0.2, -0.15) is 0 Å². The molecule has 2 N–H and O–H groups in total. The van der Waals surface area contributed by atoms with E-state index in [2.05, 4.69) is 5.32 Å². The average Bonchev–Trinajstić information content (AvgIpc) is 3.11. The number of carbonyl (C=O) groups excluding carboxylic acids is 2. The van der Waals surface area contributed by atoms with Gasteiger partial charge in [-0.1, -0.05) is 48.6 Å². The Balaban J connectivity index is 1.47. The molecule has 1 aliphatic rings. The summed E-state index contributed by atoms with van der Waals surface area (Å²) in [5.41, 5.74) is 1.14. The van der Waals surface area contributed by atoms with E-state index in [4.69, 9.17) is 21.7 Å². The van der Waals surface area contributed by atoms with Crippen LogP contribution in [0.5, 0.6) is 11.5 Å². The summed E-state index contributed by atoms with van der Waals surface area (Å²) >= 11 is 6.65. The van der Waals surface area contributed by atoms with Gasteiger partial charge in [0.2, 0.25) is 5.91 Å². The number of methoxy groups -OCH3 is 2. The Morgan fingerprint density at radius 2 is 1.83 bits per heavy atom. The van der Waals surface area contributed by atoms with Crippen molar-refractivity contribution in [3.8, 4) is 11.5 Å². The largest absolute Gasteiger partial charge is 0.493 e. The second-order valence-corrected chi connectivity index (χ2v) is 9.33. The number of nitrogens with zero attached hydrogens (tertiary/aromatic N) is 1. The minimum atomic E-state index is -1.09. The van der Waals surface area contributed by atoms with Crippen molar-refractivity contribution >= 4 is 57.8 Å². The van der Waals surface area contributed by atoms with Crippen molar-refractivity contribution in [3.05, 3.63) is 58.5 Å². The molecule has 0 radical (unpaired) electrons. The number of hydrogen-bond acceptors (Lipinski definition) is 7. The fourth-order valence-electron chi connectivity index (χ4n) is 3.51. The van der Waals surface area contributed by atoms with Crippen molar-refractivity contribution in [2.24, 2.45) is 0 Å². The number of anilines is 1. The Bertz CT molecular complexity index is 1160.